The van der Waals surface area contributed by atoms with Crippen LogP contribution in [-0.2, 0) is 16.6 Å². The number of carbonyl (C=O) groups is 2. The lowest BCUT2D eigenvalue weighted by atomic mass is 10.0. The number of amides is 1. The summed E-state index contributed by atoms with van der Waals surface area (Å²) in [6, 6.07) is 3.20. The molecule has 7 heteroatoms. The number of phenolic OH excluding ortho intramolecular Hbond substituents is 1. The Morgan fingerprint density at radius 2 is 1.92 bits per heavy atom. The molecule has 0 spiro atoms. The van der Waals surface area contributed by atoms with Gasteiger partial charge >= 0.3 is 5.97 Å². The van der Waals surface area contributed by atoms with E-state index < -0.39 is 18.5 Å². The van der Waals surface area contributed by atoms with Crippen LogP contribution in [0.2, 0.25) is 0 Å². The molecule has 0 radical (unpaired) electrons. The van der Waals surface area contributed by atoms with Crippen molar-refractivity contribution in [3.63, 3.8) is 0 Å². The lowest BCUT2D eigenvalue weighted by Gasteiger charge is -2.10. The summed E-state index contributed by atoms with van der Waals surface area (Å²) in [7, 11) is 1.78. The van der Waals surface area contributed by atoms with E-state index in [1.807, 2.05) is 13.8 Å². The van der Waals surface area contributed by atoms with Crippen molar-refractivity contribution in [1.29, 1.82) is 0 Å². The van der Waals surface area contributed by atoms with E-state index in [-0.39, 0.29) is 11.3 Å². The zero-order chi connectivity index (χ0) is 18.0. The van der Waals surface area contributed by atoms with Crippen LogP contribution in [-0.4, -0.2) is 33.4 Å². The fourth-order valence-electron chi connectivity index (χ4n) is 2.30. The van der Waals surface area contributed by atoms with Crippen molar-refractivity contribution in [2.45, 2.75) is 27.7 Å². The highest BCUT2D eigenvalue weighted by atomic mass is 16.5. The monoisotopic (exact) mass is 331 g/mol. The summed E-state index contributed by atoms with van der Waals surface area (Å²) >= 11 is 0. The van der Waals surface area contributed by atoms with Crippen LogP contribution < -0.4 is 5.32 Å². The molecule has 0 unspecified atom stereocenters. The number of aromatic nitrogens is 2. The van der Waals surface area contributed by atoms with Gasteiger partial charge in [-0.15, -0.1) is 0 Å². The highest BCUT2D eigenvalue weighted by Gasteiger charge is 2.18. The van der Waals surface area contributed by atoms with Crippen LogP contribution in [0.1, 0.15) is 32.9 Å². The van der Waals surface area contributed by atoms with Gasteiger partial charge in [0.2, 0.25) is 0 Å². The quantitative estimate of drug-likeness (QED) is 0.837. The molecule has 1 amide bonds. The van der Waals surface area contributed by atoms with E-state index >= 15 is 0 Å². The third kappa shape index (κ3) is 3.40. The Morgan fingerprint density at radius 1 is 1.25 bits per heavy atom. The Morgan fingerprint density at radius 3 is 2.50 bits per heavy atom. The van der Waals surface area contributed by atoms with Gasteiger partial charge in [-0.3, -0.25) is 9.48 Å². The third-order valence-electron chi connectivity index (χ3n) is 4.03. The van der Waals surface area contributed by atoms with Gasteiger partial charge in [0, 0.05) is 7.05 Å². The summed E-state index contributed by atoms with van der Waals surface area (Å²) in [6.45, 7) is 6.70. The molecule has 0 aliphatic heterocycles. The molecule has 0 saturated carbocycles. The van der Waals surface area contributed by atoms with Gasteiger partial charge in [-0.1, -0.05) is 6.07 Å². The SMILES string of the molecule is Cc1ccc(C(=O)OCC(=O)Nc2c(C)nn(C)c2C)c(O)c1C. The van der Waals surface area contributed by atoms with Crippen LogP contribution >= 0.6 is 0 Å². The van der Waals surface area contributed by atoms with Crippen molar-refractivity contribution in [2.24, 2.45) is 7.05 Å². The number of aromatic hydroxyl groups is 1. The molecule has 2 N–H and O–H groups in total. The number of esters is 1. The van der Waals surface area contributed by atoms with Crippen molar-refractivity contribution in [3.8, 4) is 5.75 Å². The molecular formula is C17H21N3O4. The second-order valence-corrected chi connectivity index (χ2v) is 5.70. The first-order valence-electron chi connectivity index (χ1n) is 7.48. The van der Waals surface area contributed by atoms with E-state index in [0.717, 1.165) is 11.3 Å². The van der Waals surface area contributed by atoms with Crippen LogP contribution in [0.25, 0.3) is 0 Å². The molecule has 24 heavy (non-hydrogen) atoms. The van der Waals surface area contributed by atoms with Crippen LogP contribution in [0.4, 0.5) is 5.69 Å². The molecule has 1 aromatic carbocycles. The van der Waals surface area contributed by atoms with Crippen LogP contribution in [0, 0.1) is 27.7 Å². The summed E-state index contributed by atoms with van der Waals surface area (Å²) in [4.78, 5) is 24.0. The molecule has 128 valence electrons. The van der Waals surface area contributed by atoms with E-state index in [1.54, 1.807) is 31.6 Å². The van der Waals surface area contributed by atoms with E-state index in [2.05, 4.69) is 10.4 Å². The van der Waals surface area contributed by atoms with Gasteiger partial charge in [-0.2, -0.15) is 5.10 Å². The molecule has 0 aliphatic rings. The molecule has 0 bridgehead atoms. The van der Waals surface area contributed by atoms with E-state index in [9.17, 15) is 14.7 Å². The average molecular weight is 331 g/mol. The normalized spacial score (nSPS) is 10.5. The molecule has 0 aliphatic carbocycles. The second-order valence-electron chi connectivity index (χ2n) is 5.70. The molecule has 0 fully saturated rings. The van der Waals surface area contributed by atoms with Gasteiger partial charge in [0.15, 0.2) is 6.61 Å². The Labute approximate surface area is 140 Å². The Balaban J connectivity index is 2.02. The molecule has 7 nitrogen and oxygen atoms in total. The van der Waals surface area contributed by atoms with Crippen molar-refractivity contribution in [3.05, 3.63) is 40.2 Å². The zero-order valence-corrected chi connectivity index (χ0v) is 14.4. The lowest BCUT2D eigenvalue weighted by Crippen LogP contribution is -2.21. The highest BCUT2D eigenvalue weighted by molar-refractivity contribution is 5.97. The summed E-state index contributed by atoms with van der Waals surface area (Å²) in [5, 5.41) is 16.9. The number of carbonyl (C=O) groups excluding carboxylic acids is 2. The summed E-state index contributed by atoms with van der Waals surface area (Å²) in [6.07, 6.45) is 0. The van der Waals surface area contributed by atoms with Crippen molar-refractivity contribution >= 4 is 17.6 Å². The first kappa shape index (κ1) is 17.5. The molecule has 0 atom stereocenters. The largest absolute Gasteiger partial charge is 0.507 e. The van der Waals surface area contributed by atoms with Crippen molar-refractivity contribution < 1.29 is 19.4 Å². The number of anilines is 1. The van der Waals surface area contributed by atoms with Crippen LogP contribution in [0.3, 0.4) is 0 Å². The van der Waals surface area contributed by atoms with Crippen molar-refractivity contribution in [2.75, 3.05) is 11.9 Å². The topological polar surface area (TPSA) is 93.5 Å². The highest BCUT2D eigenvalue weighted by Crippen LogP contribution is 2.25. The first-order chi connectivity index (χ1) is 11.2. The zero-order valence-electron chi connectivity index (χ0n) is 14.4. The molecular weight excluding hydrogens is 310 g/mol. The third-order valence-corrected chi connectivity index (χ3v) is 4.03. The van der Waals surface area contributed by atoms with E-state index in [4.69, 9.17) is 4.74 Å². The van der Waals surface area contributed by atoms with Crippen LogP contribution in [0.5, 0.6) is 5.75 Å². The fourth-order valence-corrected chi connectivity index (χ4v) is 2.30. The van der Waals surface area contributed by atoms with Gasteiger partial charge in [0.05, 0.1) is 17.1 Å². The number of benzene rings is 1. The number of hydrogen-bond acceptors (Lipinski definition) is 5. The van der Waals surface area contributed by atoms with E-state index in [1.165, 1.54) is 6.07 Å². The maximum absolute atomic E-state index is 12.0. The summed E-state index contributed by atoms with van der Waals surface area (Å²) in [5.74, 6) is -1.34. The minimum atomic E-state index is -0.745. The molecule has 0 saturated heterocycles. The van der Waals surface area contributed by atoms with Crippen LogP contribution in [0.15, 0.2) is 12.1 Å². The minimum absolute atomic E-state index is 0.0413. The maximum atomic E-state index is 12.0. The number of rotatable bonds is 4. The molecule has 1 heterocycles. The second kappa shape index (κ2) is 6.74. The first-order valence-corrected chi connectivity index (χ1v) is 7.48. The van der Waals surface area contributed by atoms with Gasteiger partial charge in [-0.25, -0.2) is 4.79 Å². The molecule has 2 rings (SSSR count). The number of phenols is 1. The van der Waals surface area contributed by atoms with Gasteiger partial charge in [0.1, 0.15) is 11.3 Å². The minimum Gasteiger partial charge on any atom is -0.507 e. The number of nitrogens with zero attached hydrogens (tertiary/aromatic N) is 2. The number of nitrogens with one attached hydrogen (secondary N) is 1. The smallest absolute Gasteiger partial charge is 0.342 e. The van der Waals surface area contributed by atoms with Gasteiger partial charge in [0.25, 0.3) is 5.91 Å². The maximum Gasteiger partial charge on any atom is 0.342 e. The summed E-state index contributed by atoms with van der Waals surface area (Å²) in [5.41, 5.74) is 3.60. The number of ether oxygens (including phenoxy) is 1. The predicted octanol–water partition coefficient (Wildman–Crippen LogP) is 2.15. The number of hydrogen-bond donors (Lipinski definition) is 2. The van der Waals surface area contributed by atoms with Crippen molar-refractivity contribution in [1.82, 2.24) is 9.78 Å². The lowest BCUT2D eigenvalue weighted by molar-refractivity contribution is -0.119. The molecule has 1 aromatic heterocycles. The fraction of sp³-hybridized carbons (Fsp3) is 0.353. The average Bonchev–Trinajstić information content (AvgIpc) is 2.77. The van der Waals surface area contributed by atoms with Gasteiger partial charge < -0.3 is 15.2 Å². The van der Waals surface area contributed by atoms with Gasteiger partial charge in [-0.05, 0) is 44.9 Å². The summed E-state index contributed by atoms with van der Waals surface area (Å²) < 4.78 is 6.64. The Bertz CT molecular complexity index is 809. The predicted molar refractivity (Wildman–Crippen MR) is 89.2 cm³/mol. The standard InChI is InChI=1S/C17H21N3O4/c1-9-6-7-13(16(22)10(9)2)17(23)24-8-14(21)18-15-11(3)19-20(5)12(15)4/h6-7,22H,8H2,1-5H3,(H,18,21). The molecule has 2 aromatic rings. The Kier molecular flexibility index (Phi) is 4.92. The number of aryl methyl sites for hydroxylation is 3. The Hall–Kier alpha value is -2.83. The van der Waals surface area contributed by atoms with E-state index in [0.29, 0.717) is 16.9 Å².